The van der Waals surface area contributed by atoms with Gasteiger partial charge in [0.1, 0.15) is 0 Å². The highest BCUT2D eigenvalue weighted by Crippen LogP contribution is 2.23. The third-order valence-electron chi connectivity index (χ3n) is 5.07. The fourth-order valence-electron chi connectivity index (χ4n) is 3.47. The van der Waals surface area contributed by atoms with Crippen LogP contribution in [0, 0.1) is 0 Å². The lowest BCUT2D eigenvalue weighted by Crippen LogP contribution is -2.57. The number of Topliss-reactive ketones (excluding diaryl/α,β-unsaturated/α-hetero) is 1. The van der Waals surface area contributed by atoms with Crippen molar-refractivity contribution < 1.29 is 4.79 Å². The summed E-state index contributed by atoms with van der Waals surface area (Å²) in [6.45, 7) is 12.0. The highest BCUT2D eigenvalue weighted by atomic mass is 16.1. The number of carbonyl (C=O) groups is 1. The molecule has 2 fully saturated rings. The van der Waals surface area contributed by atoms with E-state index < -0.39 is 5.54 Å². The Morgan fingerprint density at radius 3 is 2.00 bits per heavy atom. The van der Waals surface area contributed by atoms with Crippen molar-refractivity contribution >= 4 is 11.5 Å². The zero-order valence-corrected chi connectivity index (χ0v) is 14.3. The van der Waals surface area contributed by atoms with Crippen molar-refractivity contribution in [3.05, 3.63) is 29.8 Å². The fraction of sp³-hybridized carbons (Fsp3) is 0.611. The van der Waals surface area contributed by atoms with Crippen LogP contribution in [0.5, 0.6) is 0 Å². The molecule has 1 aromatic carbocycles. The summed E-state index contributed by atoms with van der Waals surface area (Å²) < 4.78 is 0. The van der Waals surface area contributed by atoms with E-state index in [0.29, 0.717) is 0 Å². The molecule has 2 N–H and O–H groups in total. The molecule has 0 atom stereocenters. The van der Waals surface area contributed by atoms with E-state index in [9.17, 15) is 4.79 Å². The highest BCUT2D eigenvalue weighted by molar-refractivity contribution is 6.02. The molecule has 2 aliphatic heterocycles. The second-order valence-electron chi connectivity index (χ2n) is 6.91. The first-order valence-corrected chi connectivity index (χ1v) is 8.65. The SMILES string of the molecule is CC(C)(C(=O)c1ccc(N2CCNCC2)cc1)N1CCNCC1. The number of piperazine rings is 2. The molecule has 0 amide bonds. The van der Waals surface area contributed by atoms with Gasteiger partial charge in [-0.2, -0.15) is 0 Å². The Labute approximate surface area is 139 Å². The van der Waals surface area contributed by atoms with Crippen LogP contribution in [-0.2, 0) is 0 Å². The smallest absolute Gasteiger partial charge is 0.182 e. The molecule has 0 aromatic heterocycles. The molecule has 0 aliphatic carbocycles. The molecule has 0 bridgehead atoms. The molecule has 0 spiro atoms. The first-order chi connectivity index (χ1) is 11.1. The fourth-order valence-corrected chi connectivity index (χ4v) is 3.47. The maximum atomic E-state index is 13.0. The van der Waals surface area contributed by atoms with Crippen molar-refractivity contribution in [3.8, 4) is 0 Å². The van der Waals surface area contributed by atoms with Crippen LogP contribution in [0.4, 0.5) is 5.69 Å². The van der Waals surface area contributed by atoms with Gasteiger partial charge >= 0.3 is 0 Å². The predicted molar refractivity (Wildman–Crippen MR) is 94.4 cm³/mol. The minimum atomic E-state index is -0.446. The first kappa shape index (κ1) is 16.4. The molecular formula is C18H28N4O. The molecule has 0 unspecified atom stereocenters. The monoisotopic (exact) mass is 316 g/mol. The zero-order valence-electron chi connectivity index (χ0n) is 14.3. The molecule has 0 saturated carbocycles. The molecule has 23 heavy (non-hydrogen) atoms. The standard InChI is InChI=1S/C18H28N4O/c1-18(2,22-13-9-20-10-14-22)17(23)15-3-5-16(6-4-15)21-11-7-19-8-12-21/h3-6,19-20H,7-14H2,1-2H3. The van der Waals surface area contributed by atoms with Gasteiger partial charge in [-0.05, 0) is 38.1 Å². The quantitative estimate of drug-likeness (QED) is 0.811. The van der Waals surface area contributed by atoms with Gasteiger partial charge in [0.05, 0.1) is 5.54 Å². The maximum Gasteiger partial charge on any atom is 0.182 e. The van der Waals surface area contributed by atoms with Crippen LogP contribution < -0.4 is 15.5 Å². The van der Waals surface area contributed by atoms with Crippen LogP contribution in [0.25, 0.3) is 0 Å². The van der Waals surface area contributed by atoms with Gasteiger partial charge in [-0.3, -0.25) is 9.69 Å². The Morgan fingerprint density at radius 1 is 0.913 bits per heavy atom. The lowest BCUT2D eigenvalue weighted by atomic mass is 9.90. The van der Waals surface area contributed by atoms with E-state index in [1.165, 1.54) is 5.69 Å². The van der Waals surface area contributed by atoms with Gasteiger partial charge in [-0.25, -0.2) is 0 Å². The number of benzene rings is 1. The number of hydrogen-bond donors (Lipinski definition) is 2. The van der Waals surface area contributed by atoms with E-state index in [2.05, 4.69) is 32.6 Å². The van der Waals surface area contributed by atoms with E-state index in [-0.39, 0.29) is 5.78 Å². The topological polar surface area (TPSA) is 47.6 Å². The largest absolute Gasteiger partial charge is 0.369 e. The Morgan fingerprint density at radius 2 is 1.43 bits per heavy atom. The Hall–Kier alpha value is -1.43. The first-order valence-electron chi connectivity index (χ1n) is 8.65. The van der Waals surface area contributed by atoms with E-state index in [0.717, 1.165) is 57.9 Å². The summed E-state index contributed by atoms with van der Waals surface area (Å²) in [5, 5.41) is 6.71. The van der Waals surface area contributed by atoms with Gasteiger partial charge in [0.2, 0.25) is 0 Å². The number of carbonyl (C=O) groups excluding carboxylic acids is 1. The van der Waals surface area contributed by atoms with E-state index >= 15 is 0 Å². The predicted octanol–water partition coefficient (Wildman–Crippen LogP) is 0.963. The van der Waals surface area contributed by atoms with Crippen molar-refractivity contribution in [2.24, 2.45) is 0 Å². The summed E-state index contributed by atoms with van der Waals surface area (Å²) >= 11 is 0. The molecule has 0 radical (unpaired) electrons. The van der Waals surface area contributed by atoms with Gasteiger partial charge in [0.15, 0.2) is 5.78 Å². The summed E-state index contributed by atoms with van der Waals surface area (Å²) in [6, 6.07) is 8.16. The Balaban J connectivity index is 1.71. The van der Waals surface area contributed by atoms with Crippen molar-refractivity contribution in [2.45, 2.75) is 19.4 Å². The third kappa shape index (κ3) is 3.57. The molecule has 5 heteroatoms. The molecule has 2 aliphatic rings. The number of rotatable bonds is 4. The van der Waals surface area contributed by atoms with Crippen LogP contribution in [0.15, 0.2) is 24.3 Å². The maximum absolute atomic E-state index is 13.0. The van der Waals surface area contributed by atoms with Crippen LogP contribution in [0.2, 0.25) is 0 Å². The van der Waals surface area contributed by atoms with Crippen LogP contribution in [0.1, 0.15) is 24.2 Å². The Kier molecular flexibility index (Phi) is 4.99. The van der Waals surface area contributed by atoms with Gasteiger partial charge < -0.3 is 15.5 Å². The molecule has 1 aromatic rings. The lowest BCUT2D eigenvalue weighted by Gasteiger charge is -2.40. The summed E-state index contributed by atoms with van der Waals surface area (Å²) in [5.41, 5.74) is 1.58. The molecule has 5 nitrogen and oxygen atoms in total. The highest BCUT2D eigenvalue weighted by Gasteiger charge is 2.35. The van der Waals surface area contributed by atoms with Gasteiger partial charge in [-0.15, -0.1) is 0 Å². The van der Waals surface area contributed by atoms with Crippen LogP contribution in [0.3, 0.4) is 0 Å². The summed E-state index contributed by atoms with van der Waals surface area (Å²) in [5.74, 6) is 0.214. The van der Waals surface area contributed by atoms with E-state index in [1.54, 1.807) is 0 Å². The average molecular weight is 316 g/mol. The molecule has 3 rings (SSSR count). The molecule has 2 heterocycles. The van der Waals surface area contributed by atoms with Crippen molar-refractivity contribution in [1.82, 2.24) is 15.5 Å². The Bertz CT molecular complexity index is 528. The minimum absolute atomic E-state index is 0.214. The normalized spacial score (nSPS) is 20.5. The number of nitrogens with zero attached hydrogens (tertiary/aromatic N) is 2. The molecular weight excluding hydrogens is 288 g/mol. The van der Waals surface area contributed by atoms with Crippen molar-refractivity contribution in [2.75, 3.05) is 57.3 Å². The summed E-state index contributed by atoms with van der Waals surface area (Å²) in [7, 11) is 0. The molecule has 126 valence electrons. The summed E-state index contributed by atoms with van der Waals surface area (Å²) in [6.07, 6.45) is 0. The van der Waals surface area contributed by atoms with Crippen LogP contribution >= 0.6 is 0 Å². The minimum Gasteiger partial charge on any atom is -0.369 e. The second-order valence-corrected chi connectivity index (χ2v) is 6.91. The van der Waals surface area contributed by atoms with Gasteiger partial charge in [-0.1, -0.05) is 0 Å². The van der Waals surface area contributed by atoms with Crippen molar-refractivity contribution in [1.29, 1.82) is 0 Å². The van der Waals surface area contributed by atoms with E-state index in [4.69, 9.17) is 0 Å². The van der Waals surface area contributed by atoms with Crippen molar-refractivity contribution in [3.63, 3.8) is 0 Å². The lowest BCUT2D eigenvalue weighted by molar-refractivity contribution is 0.0602. The number of ketones is 1. The number of nitrogens with one attached hydrogen (secondary N) is 2. The average Bonchev–Trinajstić information content (AvgIpc) is 2.63. The van der Waals surface area contributed by atoms with Gasteiger partial charge in [0, 0.05) is 63.6 Å². The van der Waals surface area contributed by atoms with E-state index in [1.807, 2.05) is 26.0 Å². The third-order valence-corrected chi connectivity index (χ3v) is 5.07. The zero-order chi connectivity index (χ0) is 16.3. The van der Waals surface area contributed by atoms with Crippen LogP contribution in [-0.4, -0.2) is 68.6 Å². The number of anilines is 1. The molecule has 2 saturated heterocycles. The van der Waals surface area contributed by atoms with Gasteiger partial charge in [0.25, 0.3) is 0 Å². The second kappa shape index (κ2) is 6.99. The summed E-state index contributed by atoms with van der Waals surface area (Å²) in [4.78, 5) is 17.6. The number of hydrogen-bond acceptors (Lipinski definition) is 5.